The quantitative estimate of drug-likeness (QED) is 0.720. The molecule has 0 heterocycles. The van der Waals surface area contributed by atoms with E-state index in [1.54, 1.807) is 21.0 Å². The number of likely N-dealkylation sites (N-methyl/N-ethyl adjacent to an activating group) is 1. The van der Waals surface area contributed by atoms with Crippen LogP contribution in [0.5, 0.6) is 5.75 Å². The Morgan fingerprint density at radius 1 is 1.07 bits per heavy atom. The molecular formula is C19H20F3NO4S. The Balaban J connectivity index is 2.28. The van der Waals surface area contributed by atoms with Crippen LogP contribution in [0.15, 0.2) is 58.3 Å². The van der Waals surface area contributed by atoms with Crippen molar-refractivity contribution in [2.45, 2.75) is 35.4 Å². The van der Waals surface area contributed by atoms with E-state index in [-0.39, 0.29) is 16.6 Å². The average Bonchev–Trinajstić information content (AvgIpc) is 2.65. The Hall–Kier alpha value is -2.55. The second-order valence-corrected chi connectivity index (χ2v) is 8.20. The lowest BCUT2D eigenvalue weighted by Crippen LogP contribution is -2.37. The summed E-state index contributed by atoms with van der Waals surface area (Å²) in [5.41, 5.74) is -1.04. The highest BCUT2D eigenvalue weighted by Crippen LogP contribution is 2.32. The van der Waals surface area contributed by atoms with Gasteiger partial charge in [0, 0.05) is 14.1 Å². The van der Waals surface area contributed by atoms with Crippen molar-refractivity contribution in [3.63, 3.8) is 0 Å². The molecule has 0 aliphatic carbocycles. The number of alkyl halides is 3. The molecule has 2 rings (SSSR count). The van der Waals surface area contributed by atoms with Gasteiger partial charge in [0.15, 0.2) is 6.10 Å². The number of carbonyl (C=O) groups is 1. The largest absolute Gasteiger partial charge is 0.481 e. The van der Waals surface area contributed by atoms with Crippen LogP contribution in [-0.2, 0) is 20.8 Å². The first kappa shape index (κ1) is 21.7. The first-order valence-corrected chi connectivity index (χ1v) is 9.85. The number of sulfone groups is 1. The van der Waals surface area contributed by atoms with Crippen LogP contribution in [0.2, 0.25) is 0 Å². The molecule has 0 aliphatic heterocycles. The van der Waals surface area contributed by atoms with Crippen molar-refractivity contribution in [1.29, 1.82) is 0 Å². The fourth-order valence-electron chi connectivity index (χ4n) is 2.43. The second kappa shape index (κ2) is 8.22. The molecule has 152 valence electrons. The van der Waals surface area contributed by atoms with Crippen LogP contribution in [0.3, 0.4) is 0 Å². The maximum absolute atomic E-state index is 12.8. The van der Waals surface area contributed by atoms with Crippen LogP contribution >= 0.6 is 0 Å². The van der Waals surface area contributed by atoms with Gasteiger partial charge in [-0.3, -0.25) is 4.79 Å². The minimum Gasteiger partial charge on any atom is -0.481 e. The maximum Gasteiger partial charge on any atom is 0.416 e. The van der Waals surface area contributed by atoms with E-state index in [2.05, 4.69) is 0 Å². The molecule has 0 N–H and O–H groups in total. The van der Waals surface area contributed by atoms with E-state index in [4.69, 9.17) is 4.74 Å². The number of hydrogen-bond donors (Lipinski definition) is 0. The Bertz CT molecular complexity index is 938. The molecule has 1 amide bonds. The van der Waals surface area contributed by atoms with Gasteiger partial charge in [0.1, 0.15) is 5.75 Å². The fourth-order valence-corrected chi connectivity index (χ4v) is 3.74. The summed E-state index contributed by atoms with van der Waals surface area (Å²) in [6.07, 6.45) is -4.94. The summed E-state index contributed by atoms with van der Waals surface area (Å²) in [6.45, 7) is 1.78. The van der Waals surface area contributed by atoms with Crippen molar-refractivity contribution in [3.8, 4) is 5.75 Å². The number of hydrogen-bond acceptors (Lipinski definition) is 4. The van der Waals surface area contributed by atoms with Crippen molar-refractivity contribution < 1.29 is 31.1 Å². The van der Waals surface area contributed by atoms with Crippen LogP contribution in [0.1, 0.15) is 18.9 Å². The van der Waals surface area contributed by atoms with Crippen molar-refractivity contribution in [3.05, 3.63) is 54.1 Å². The van der Waals surface area contributed by atoms with E-state index in [0.29, 0.717) is 12.5 Å². The summed E-state index contributed by atoms with van der Waals surface area (Å²) in [6, 6.07) is 8.77. The van der Waals surface area contributed by atoms with Gasteiger partial charge in [0.05, 0.1) is 15.4 Å². The van der Waals surface area contributed by atoms with E-state index in [1.807, 2.05) is 0 Å². The zero-order chi connectivity index (χ0) is 21.1. The maximum atomic E-state index is 12.8. The number of rotatable bonds is 6. The molecular weight excluding hydrogens is 395 g/mol. The Labute approximate surface area is 161 Å². The van der Waals surface area contributed by atoms with Gasteiger partial charge >= 0.3 is 6.18 Å². The van der Waals surface area contributed by atoms with Gasteiger partial charge in [-0.15, -0.1) is 0 Å². The number of ether oxygens (including phenoxy) is 1. The van der Waals surface area contributed by atoms with Crippen molar-refractivity contribution in [2.24, 2.45) is 0 Å². The molecule has 0 radical (unpaired) electrons. The van der Waals surface area contributed by atoms with Gasteiger partial charge in [-0.2, -0.15) is 13.2 Å². The normalized spacial score (nSPS) is 13.1. The summed E-state index contributed by atoms with van der Waals surface area (Å²) in [5, 5.41) is 0. The van der Waals surface area contributed by atoms with Crippen molar-refractivity contribution in [1.82, 2.24) is 4.90 Å². The highest BCUT2D eigenvalue weighted by Gasteiger charge is 2.32. The first-order valence-electron chi connectivity index (χ1n) is 8.37. The Morgan fingerprint density at radius 3 is 2.18 bits per heavy atom. The molecule has 1 atom stereocenters. The van der Waals surface area contributed by atoms with Crippen LogP contribution in [0.4, 0.5) is 13.2 Å². The Kier molecular flexibility index (Phi) is 6.38. The lowest BCUT2D eigenvalue weighted by atomic mass is 10.2. The van der Waals surface area contributed by atoms with Crippen molar-refractivity contribution in [2.75, 3.05) is 14.1 Å². The second-order valence-electron chi connectivity index (χ2n) is 6.25. The Morgan fingerprint density at radius 2 is 1.68 bits per heavy atom. The summed E-state index contributed by atoms with van der Waals surface area (Å²) in [4.78, 5) is 12.8. The zero-order valence-electron chi connectivity index (χ0n) is 15.5. The molecule has 0 saturated carbocycles. The van der Waals surface area contributed by atoms with E-state index in [9.17, 15) is 26.4 Å². The molecule has 0 aromatic heterocycles. The number of amides is 1. The van der Waals surface area contributed by atoms with Gasteiger partial charge in [-0.25, -0.2) is 8.42 Å². The monoisotopic (exact) mass is 415 g/mol. The SMILES string of the molecule is CCC(Oc1ccc(S(=O)(=O)c2cccc(C(F)(F)F)c2)cc1)C(=O)N(C)C. The van der Waals surface area contributed by atoms with Gasteiger partial charge in [-0.1, -0.05) is 13.0 Å². The summed E-state index contributed by atoms with van der Waals surface area (Å²) >= 11 is 0. The summed E-state index contributed by atoms with van der Waals surface area (Å²) in [5.74, 6) is 0.0493. The minimum atomic E-state index is -4.64. The van der Waals surface area contributed by atoms with E-state index in [1.165, 1.54) is 29.2 Å². The number of nitrogens with zero attached hydrogens (tertiary/aromatic N) is 1. The van der Waals surface area contributed by atoms with E-state index < -0.39 is 32.6 Å². The summed E-state index contributed by atoms with van der Waals surface area (Å²) < 4.78 is 69.4. The third kappa shape index (κ3) is 4.83. The average molecular weight is 415 g/mol. The third-order valence-corrected chi connectivity index (χ3v) is 5.74. The van der Waals surface area contributed by atoms with Crippen LogP contribution in [-0.4, -0.2) is 39.4 Å². The summed E-state index contributed by atoms with van der Waals surface area (Å²) in [7, 11) is -0.940. The highest BCUT2D eigenvalue weighted by molar-refractivity contribution is 7.91. The van der Waals surface area contributed by atoms with Crippen LogP contribution in [0.25, 0.3) is 0 Å². The van der Waals surface area contributed by atoms with Gasteiger partial charge in [0.25, 0.3) is 5.91 Å². The smallest absolute Gasteiger partial charge is 0.416 e. The highest BCUT2D eigenvalue weighted by atomic mass is 32.2. The molecule has 0 saturated heterocycles. The van der Waals surface area contributed by atoms with Gasteiger partial charge in [-0.05, 0) is 48.9 Å². The van der Waals surface area contributed by atoms with Crippen LogP contribution < -0.4 is 4.74 Å². The third-order valence-electron chi connectivity index (χ3n) is 3.97. The zero-order valence-corrected chi connectivity index (χ0v) is 16.3. The van der Waals surface area contributed by atoms with Gasteiger partial charge in [0.2, 0.25) is 9.84 Å². The first-order chi connectivity index (χ1) is 13.0. The van der Waals surface area contributed by atoms with Crippen molar-refractivity contribution >= 4 is 15.7 Å². The van der Waals surface area contributed by atoms with Crippen LogP contribution in [0, 0.1) is 0 Å². The fraction of sp³-hybridized carbons (Fsp3) is 0.316. The standard InChI is InChI=1S/C19H20F3NO4S/c1-4-17(18(24)23(2)3)27-14-8-10-15(11-9-14)28(25,26)16-7-5-6-13(12-16)19(20,21)22/h5-12,17H,4H2,1-3H3. The predicted molar refractivity (Wildman–Crippen MR) is 96.7 cm³/mol. The molecule has 0 bridgehead atoms. The molecule has 1 unspecified atom stereocenters. The molecule has 0 fully saturated rings. The van der Waals surface area contributed by atoms with E-state index in [0.717, 1.165) is 18.2 Å². The number of benzene rings is 2. The predicted octanol–water partition coefficient (Wildman–Crippen LogP) is 3.78. The molecule has 5 nitrogen and oxygen atoms in total. The molecule has 28 heavy (non-hydrogen) atoms. The lowest BCUT2D eigenvalue weighted by molar-refractivity contribution is -0.138. The minimum absolute atomic E-state index is 0.175. The molecule has 2 aromatic rings. The molecule has 0 aliphatic rings. The molecule has 9 heteroatoms. The van der Waals surface area contributed by atoms with E-state index >= 15 is 0 Å². The topological polar surface area (TPSA) is 63.7 Å². The van der Waals surface area contributed by atoms with Gasteiger partial charge < -0.3 is 9.64 Å². The lowest BCUT2D eigenvalue weighted by Gasteiger charge is -2.20. The number of halogens is 3. The molecule has 2 aromatic carbocycles. The number of carbonyl (C=O) groups excluding carboxylic acids is 1. The molecule has 0 spiro atoms.